The van der Waals surface area contributed by atoms with Crippen LogP contribution in [0.15, 0.2) is 6.20 Å². The Morgan fingerprint density at radius 2 is 1.90 bits per heavy atom. The van der Waals surface area contributed by atoms with Gasteiger partial charge in [-0.2, -0.15) is 9.97 Å². The van der Waals surface area contributed by atoms with E-state index in [-0.39, 0.29) is 28.8 Å². The van der Waals surface area contributed by atoms with E-state index < -0.39 is 6.04 Å². The molecule has 1 amide bonds. The first-order valence-electron chi connectivity index (χ1n) is 10.5. The van der Waals surface area contributed by atoms with Crippen LogP contribution in [0.25, 0.3) is 0 Å². The van der Waals surface area contributed by atoms with Crippen LogP contribution in [-0.4, -0.2) is 40.6 Å². The summed E-state index contributed by atoms with van der Waals surface area (Å²) in [6, 6.07) is -0.440. The van der Waals surface area contributed by atoms with Gasteiger partial charge >= 0.3 is 0 Å². The molecule has 1 aliphatic rings. The van der Waals surface area contributed by atoms with Crippen molar-refractivity contribution in [3.8, 4) is 5.75 Å². The average Bonchev–Trinajstić information content (AvgIpc) is 2.66. The summed E-state index contributed by atoms with van der Waals surface area (Å²) in [5.41, 5.74) is 9.15. The van der Waals surface area contributed by atoms with E-state index in [1.165, 1.54) is 0 Å². The first-order chi connectivity index (χ1) is 14.6. The highest BCUT2D eigenvalue weighted by Gasteiger charge is 2.43. The van der Waals surface area contributed by atoms with E-state index in [1.807, 2.05) is 32.6 Å². The molecule has 2 aromatic heterocycles. The number of methoxy groups -OCH3 is 1. The largest absolute Gasteiger partial charge is 0.496 e. The molecule has 8 nitrogen and oxygen atoms in total. The molecule has 0 radical (unpaired) electrons. The summed E-state index contributed by atoms with van der Waals surface area (Å²) >= 11 is 6.50. The lowest BCUT2D eigenvalue weighted by Crippen LogP contribution is -2.57. The highest BCUT2D eigenvalue weighted by atomic mass is 35.5. The first kappa shape index (κ1) is 23.1. The summed E-state index contributed by atoms with van der Waals surface area (Å²) < 4.78 is 5.57. The number of carbonyl (C=O) groups excluding carboxylic acids is 1. The van der Waals surface area contributed by atoms with Crippen molar-refractivity contribution in [2.45, 2.75) is 54.1 Å². The third kappa shape index (κ3) is 4.26. The lowest BCUT2D eigenvalue weighted by molar-refractivity contribution is -0.121. The Bertz CT molecular complexity index is 994. The highest BCUT2D eigenvalue weighted by Crippen LogP contribution is 2.42. The number of hydrogen-bond donors (Lipinski definition) is 1. The smallest absolute Gasteiger partial charge is 0.250 e. The third-order valence-corrected chi connectivity index (χ3v) is 5.75. The summed E-state index contributed by atoms with van der Waals surface area (Å²) in [7, 11) is 1.65. The molecule has 0 unspecified atom stereocenters. The van der Waals surface area contributed by atoms with Crippen LogP contribution >= 0.6 is 11.6 Å². The highest BCUT2D eigenvalue weighted by molar-refractivity contribution is 6.34. The van der Waals surface area contributed by atoms with Crippen molar-refractivity contribution < 1.29 is 9.53 Å². The van der Waals surface area contributed by atoms with Crippen molar-refractivity contribution in [3.63, 3.8) is 0 Å². The zero-order valence-electron chi connectivity index (χ0n) is 19.2. The minimum Gasteiger partial charge on any atom is -0.496 e. The molecule has 2 aromatic rings. The molecule has 0 saturated carbocycles. The van der Waals surface area contributed by atoms with Crippen molar-refractivity contribution >= 4 is 35.0 Å². The number of hydrogen-bond acceptors (Lipinski definition) is 7. The molecule has 0 spiro atoms. The number of rotatable bonds is 6. The topological polar surface area (TPSA) is 97.5 Å². The van der Waals surface area contributed by atoms with Gasteiger partial charge in [0.05, 0.1) is 19.3 Å². The molecule has 0 aliphatic carbocycles. The van der Waals surface area contributed by atoms with E-state index in [1.54, 1.807) is 18.2 Å². The van der Waals surface area contributed by atoms with Crippen LogP contribution in [-0.2, 0) is 11.3 Å². The van der Waals surface area contributed by atoms with E-state index >= 15 is 0 Å². The van der Waals surface area contributed by atoms with Gasteiger partial charge in [-0.1, -0.05) is 39.3 Å². The average molecular weight is 447 g/mol. The lowest BCUT2D eigenvalue weighted by Gasteiger charge is -2.44. The number of fused-ring (bicyclic) bond motifs is 1. The van der Waals surface area contributed by atoms with E-state index in [4.69, 9.17) is 22.1 Å². The Balaban J connectivity index is 2.19. The van der Waals surface area contributed by atoms with Crippen molar-refractivity contribution in [1.29, 1.82) is 0 Å². The van der Waals surface area contributed by atoms with E-state index in [9.17, 15) is 4.79 Å². The standard InChI is InChI=1S/C22H31ClN6O2/c1-11(2)9-29-17-19(23)26-22(24)27-20(17)28(16(12(3)4)21(29)30)10-15-14(6)18(31-7)13(5)8-25-15/h8,11-12,16H,9-10H2,1-7H3,(H2,24,26,27)/t16-/m0/s1. The second kappa shape index (κ2) is 8.86. The fourth-order valence-corrected chi connectivity index (χ4v) is 4.43. The number of ether oxygens (including phenoxy) is 1. The summed E-state index contributed by atoms with van der Waals surface area (Å²) in [5.74, 6) is 1.66. The molecule has 3 heterocycles. The zero-order chi connectivity index (χ0) is 23.0. The van der Waals surface area contributed by atoms with Crippen molar-refractivity contribution in [2.75, 3.05) is 29.2 Å². The molecule has 168 valence electrons. The first-order valence-corrected chi connectivity index (χ1v) is 10.8. The van der Waals surface area contributed by atoms with Crippen LogP contribution < -0.4 is 20.3 Å². The van der Waals surface area contributed by atoms with Gasteiger partial charge in [-0.25, -0.2) is 0 Å². The number of nitrogens with zero attached hydrogens (tertiary/aromatic N) is 5. The molecule has 1 atom stereocenters. The summed E-state index contributed by atoms with van der Waals surface area (Å²) in [6.07, 6.45) is 1.78. The van der Waals surface area contributed by atoms with Crippen LogP contribution in [0.2, 0.25) is 5.15 Å². The lowest BCUT2D eigenvalue weighted by atomic mass is 9.96. The normalized spacial score (nSPS) is 16.3. The van der Waals surface area contributed by atoms with E-state index in [0.717, 1.165) is 22.6 Å². The number of anilines is 3. The molecule has 0 aromatic carbocycles. The monoisotopic (exact) mass is 446 g/mol. The van der Waals surface area contributed by atoms with Gasteiger partial charge < -0.3 is 20.3 Å². The number of pyridine rings is 1. The molecule has 0 saturated heterocycles. The Morgan fingerprint density at radius 1 is 1.23 bits per heavy atom. The Hall–Kier alpha value is -2.61. The zero-order valence-corrected chi connectivity index (χ0v) is 20.0. The maximum absolute atomic E-state index is 13.7. The van der Waals surface area contributed by atoms with Crippen LogP contribution in [0.4, 0.5) is 17.5 Å². The minimum atomic E-state index is -0.440. The molecular formula is C22H31ClN6O2. The van der Waals surface area contributed by atoms with Gasteiger partial charge in [-0.15, -0.1) is 0 Å². The van der Waals surface area contributed by atoms with Gasteiger partial charge in [0.15, 0.2) is 11.0 Å². The summed E-state index contributed by atoms with van der Waals surface area (Å²) in [5, 5.41) is 0.176. The van der Waals surface area contributed by atoms with Crippen LogP contribution in [0, 0.1) is 25.7 Å². The number of aromatic nitrogens is 3. The SMILES string of the molecule is COc1c(C)cnc(CN2c3nc(N)nc(Cl)c3N(CC(C)C)C(=O)[C@@H]2C(C)C)c1C. The van der Waals surface area contributed by atoms with Crippen LogP contribution in [0.5, 0.6) is 5.75 Å². The number of amides is 1. The summed E-state index contributed by atoms with van der Waals surface area (Å²) in [6.45, 7) is 13.0. The predicted molar refractivity (Wildman–Crippen MR) is 124 cm³/mol. The molecule has 1 aliphatic heterocycles. The maximum atomic E-state index is 13.7. The number of halogens is 1. The van der Waals surface area contributed by atoms with Crippen LogP contribution in [0.3, 0.4) is 0 Å². The predicted octanol–water partition coefficient (Wildman–Crippen LogP) is 3.77. The van der Waals surface area contributed by atoms with E-state index in [0.29, 0.717) is 24.6 Å². The van der Waals surface area contributed by atoms with E-state index in [2.05, 4.69) is 28.8 Å². The number of nitrogen functional groups attached to an aromatic ring is 1. The number of nitrogens with two attached hydrogens (primary N) is 1. The van der Waals surface area contributed by atoms with Crippen molar-refractivity contribution in [1.82, 2.24) is 15.0 Å². The Kier molecular flexibility index (Phi) is 6.59. The molecule has 0 bridgehead atoms. The molecule has 31 heavy (non-hydrogen) atoms. The number of aryl methyl sites for hydroxylation is 1. The molecule has 0 fully saturated rings. The Labute approximate surface area is 188 Å². The van der Waals surface area contributed by atoms with Gasteiger partial charge in [0, 0.05) is 23.9 Å². The van der Waals surface area contributed by atoms with Crippen molar-refractivity contribution in [2.24, 2.45) is 11.8 Å². The van der Waals surface area contributed by atoms with Crippen molar-refractivity contribution in [3.05, 3.63) is 28.2 Å². The van der Waals surface area contributed by atoms with Gasteiger partial charge in [-0.05, 0) is 25.7 Å². The number of carbonyl (C=O) groups is 1. The van der Waals surface area contributed by atoms with Gasteiger partial charge in [-0.3, -0.25) is 9.78 Å². The third-order valence-electron chi connectivity index (χ3n) is 5.49. The van der Waals surface area contributed by atoms with Gasteiger partial charge in [0.2, 0.25) is 11.9 Å². The fourth-order valence-electron chi connectivity index (χ4n) is 4.16. The quantitative estimate of drug-likeness (QED) is 0.674. The minimum absolute atomic E-state index is 0.0248. The van der Waals surface area contributed by atoms with Gasteiger partial charge in [0.25, 0.3) is 0 Å². The molecule has 3 rings (SSSR count). The van der Waals surface area contributed by atoms with Crippen LogP contribution in [0.1, 0.15) is 44.5 Å². The maximum Gasteiger partial charge on any atom is 0.250 e. The van der Waals surface area contributed by atoms with Gasteiger partial charge in [0.1, 0.15) is 17.5 Å². The Morgan fingerprint density at radius 3 is 2.48 bits per heavy atom. The fraction of sp³-hybridized carbons (Fsp3) is 0.545. The second-order valence-corrected chi connectivity index (χ2v) is 9.11. The molecule has 9 heteroatoms. The molecule has 2 N–H and O–H groups in total. The molecular weight excluding hydrogens is 416 g/mol. The second-order valence-electron chi connectivity index (χ2n) is 8.75. The summed E-state index contributed by atoms with van der Waals surface area (Å²) in [4.78, 5) is 30.6.